The van der Waals surface area contributed by atoms with Crippen molar-refractivity contribution in [1.82, 2.24) is 9.80 Å². The zero-order valence-electron chi connectivity index (χ0n) is 13.4. The molecular weight excluding hydrogens is 317 g/mol. The van der Waals surface area contributed by atoms with E-state index in [2.05, 4.69) is 4.74 Å². The number of hydrogen-bond donors (Lipinski definition) is 0. The number of rotatable bonds is 7. The average Bonchev–Trinajstić information content (AvgIpc) is 2.44. The fraction of sp³-hybridized carbons (Fsp3) is 0.857. The number of alkyl halides is 3. The first-order valence-corrected chi connectivity index (χ1v) is 7.44. The van der Waals surface area contributed by atoms with Gasteiger partial charge in [0.1, 0.15) is 12.7 Å². The molecule has 23 heavy (non-hydrogen) atoms. The first-order chi connectivity index (χ1) is 10.7. The molecule has 0 radical (unpaired) electrons. The largest absolute Gasteiger partial charge is 0.462 e. The molecule has 1 amide bonds. The van der Waals surface area contributed by atoms with Gasteiger partial charge >= 0.3 is 12.1 Å². The second kappa shape index (κ2) is 9.07. The maximum Gasteiger partial charge on any atom is 0.411 e. The summed E-state index contributed by atoms with van der Waals surface area (Å²) >= 11 is 0. The van der Waals surface area contributed by atoms with Gasteiger partial charge in [0.05, 0.1) is 19.6 Å². The molecule has 6 nitrogen and oxygen atoms in total. The number of carbonyl (C=O) groups excluding carboxylic acids is 2. The molecule has 0 atom stereocenters. The Morgan fingerprint density at radius 3 is 2.35 bits per heavy atom. The monoisotopic (exact) mass is 340 g/mol. The highest BCUT2D eigenvalue weighted by molar-refractivity contribution is 5.77. The number of amides is 1. The van der Waals surface area contributed by atoms with E-state index >= 15 is 0 Å². The highest BCUT2D eigenvalue weighted by atomic mass is 19.4. The molecule has 0 unspecified atom stereocenters. The summed E-state index contributed by atoms with van der Waals surface area (Å²) in [7, 11) is 3.38. The van der Waals surface area contributed by atoms with Crippen LogP contribution in [0.3, 0.4) is 0 Å². The predicted molar refractivity (Wildman–Crippen MR) is 75.7 cm³/mol. The minimum absolute atomic E-state index is 0.0160. The van der Waals surface area contributed by atoms with E-state index in [0.717, 1.165) is 0 Å². The zero-order chi connectivity index (χ0) is 17.5. The van der Waals surface area contributed by atoms with Crippen LogP contribution in [0.15, 0.2) is 0 Å². The molecule has 1 aliphatic heterocycles. The molecule has 0 aromatic carbocycles. The van der Waals surface area contributed by atoms with Crippen LogP contribution in [0.2, 0.25) is 0 Å². The minimum atomic E-state index is -4.39. The van der Waals surface area contributed by atoms with Crippen molar-refractivity contribution in [2.75, 3.05) is 46.9 Å². The second-order valence-corrected chi connectivity index (χ2v) is 5.67. The van der Waals surface area contributed by atoms with Crippen molar-refractivity contribution < 1.29 is 32.2 Å². The Hall–Kier alpha value is -1.35. The number of esters is 1. The topological polar surface area (TPSA) is 59.1 Å². The van der Waals surface area contributed by atoms with E-state index in [1.807, 2.05) is 4.90 Å². The van der Waals surface area contributed by atoms with Crippen molar-refractivity contribution in [2.45, 2.75) is 31.5 Å². The van der Waals surface area contributed by atoms with E-state index in [0.29, 0.717) is 32.5 Å². The van der Waals surface area contributed by atoms with Crippen molar-refractivity contribution in [3.8, 4) is 0 Å². The van der Waals surface area contributed by atoms with Crippen LogP contribution in [-0.4, -0.2) is 80.9 Å². The minimum Gasteiger partial charge on any atom is -0.462 e. The molecule has 134 valence electrons. The molecule has 1 rings (SSSR count). The maximum atomic E-state index is 11.9. The molecule has 0 bridgehead atoms. The van der Waals surface area contributed by atoms with E-state index in [1.165, 1.54) is 4.90 Å². The summed E-state index contributed by atoms with van der Waals surface area (Å²) in [6.07, 6.45) is -3.63. The van der Waals surface area contributed by atoms with Crippen molar-refractivity contribution in [3.63, 3.8) is 0 Å². The number of likely N-dealkylation sites (tertiary alicyclic amines) is 1. The van der Waals surface area contributed by atoms with Crippen LogP contribution < -0.4 is 0 Å². The molecule has 0 N–H and O–H groups in total. The van der Waals surface area contributed by atoms with E-state index in [9.17, 15) is 22.8 Å². The van der Waals surface area contributed by atoms with Gasteiger partial charge in [-0.05, 0) is 12.8 Å². The van der Waals surface area contributed by atoms with Crippen LogP contribution in [0.25, 0.3) is 0 Å². The van der Waals surface area contributed by atoms with Crippen molar-refractivity contribution in [2.24, 2.45) is 0 Å². The number of piperidine rings is 1. The highest BCUT2D eigenvalue weighted by Gasteiger charge is 2.28. The number of hydrogen-bond acceptors (Lipinski definition) is 5. The smallest absolute Gasteiger partial charge is 0.411 e. The van der Waals surface area contributed by atoms with Crippen molar-refractivity contribution in [3.05, 3.63) is 0 Å². The molecule has 0 saturated carbocycles. The number of nitrogens with zero attached hydrogens (tertiary/aromatic N) is 2. The summed E-state index contributed by atoms with van der Waals surface area (Å²) in [6, 6.07) is 0. The molecule has 1 heterocycles. The van der Waals surface area contributed by atoms with Crippen molar-refractivity contribution >= 4 is 11.9 Å². The molecule has 0 aromatic heterocycles. The van der Waals surface area contributed by atoms with Gasteiger partial charge < -0.3 is 14.4 Å². The summed E-state index contributed by atoms with van der Waals surface area (Å²) in [5.41, 5.74) is 0. The molecule has 0 aromatic rings. The molecule has 9 heteroatoms. The SMILES string of the molecule is CN(C)C(=O)CN1CCC(OC(=O)CCOCC(F)(F)F)CC1. The zero-order valence-corrected chi connectivity index (χ0v) is 13.4. The van der Waals surface area contributed by atoms with Crippen LogP contribution in [0.5, 0.6) is 0 Å². The van der Waals surface area contributed by atoms with Gasteiger partial charge in [-0.25, -0.2) is 0 Å². The first kappa shape index (κ1) is 19.7. The number of ether oxygens (including phenoxy) is 2. The number of halogens is 3. The van der Waals surface area contributed by atoms with Crippen LogP contribution in [0, 0.1) is 0 Å². The van der Waals surface area contributed by atoms with Crippen LogP contribution in [0.4, 0.5) is 13.2 Å². The molecule has 1 fully saturated rings. The fourth-order valence-corrected chi connectivity index (χ4v) is 2.11. The molecule has 0 spiro atoms. The summed E-state index contributed by atoms with van der Waals surface area (Å²) in [5.74, 6) is -0.544. The fourth-order valence-electron chi connectivity index (χ4n) is 2.11. The van der Waals surface area contributed by atoms with Crippen molar-refractivity contribution in [1.29, 1.82) is 0 Å². The van der Waals surface area contributed by atoms with Gasteiger partial charge in [-0.15, -0.1) is 0 Å². The van der Waals surface area contributed by atoms with E-state index < -0.39 is 18.8 Å². The third-order valence-corrected chi connectivity index (χ3v) is 3.41. The number of likely N-dealkylation sites (N-methyl/N-ethyl adjacent to an activating group) is 1. The Labute approximate surface area is 133 Å². The average molecular weight is 340 g/mol. The lowest BCUT2D eigenvalue weighted by atomic mass is 10.1. The van der Waals surface area contributed by atoms with E-state index in [4.69, 9.17) is 4.74 Å². The van der Waals surface area contributed by atoms with Crippen LogP contribution in [0.1, 0.15) is 19.3 Å². The highest BCUT2D eigenvalue weighted by Crippen LogP contribution is 2.16. The Kier molecular flexibility index (Phi) is 7.77. The van der Waals surface area contributed by atoms with Gasteiger partial charge in [0, 0.05) is 27.2 Å². The van der Waals surface area contributed by atoms with Crippen LogP contribution in [-0.2, 0) is 19.1 Å². The summed E-state index contributed by atoms with van der Waals surface area (Å²) < 4.78 is 45.1. The molecular formula is C14H23F3N2O4. The molecule has 1 saturated heterocycles. The summed E-state index contributed by atoms with van der Waals surface area (Å²) in [6.45, 7) is -0.0593. The van der Waals surface area contributed by atoms with Gasteiger partial charge in [0.25, 0.3) is 0 Å². The Balaban J connectivity index is 2.15. The Morgan fingerprint density at radius 1 is 1.22 bits per heavy atom. The maximum absolute atomic E-state index is 11.9. The lowest BCUT2D eigenvalue weighted by Crippen LogP contribution is -2.43. The summed E-state index contributed by atoms with van der Waals surface area (Å²) in [5, 5.41) is 0. The third-order valence-electron chi connectivity index (χ3n) is 3.41. The quantitative estimate of drug-likeness (QED) is 0.512. The standard InChI is InChI=1S/C14H23F3N2O4/c1-18(2)12(20)9-19-6-3-11(4-7-19)23-13(21)5-8-22-10-14(15,16)17/h11H,3-10H2,1-2H3. The molecule has 0 aliphatic carbocycles. The molecule has 1 aliphatic rings. The lowest BCUT2D eigenvalue weighted by molar-refractivity contribution is -0.177. The van der Waals surface area contributed by atoms with E-state index in [1.54, 1.807) is 14.1 Å². The van der Waals surface area contributed by atoms with Gasteiger partial charge in [0.15, 0.2) is 0 Å². The summed E-state index contributed by atoms with van der Waals surface area (Å²) in [4.78, 5) is 26.6. The van der Waals surface area contributed by atoms with Crippen LogP contribution >= 0.6 is 0 Å². The lowest BCUT2D eigenvalue weighted by Gasteiger charge is -2.31. The Bertz CT molecular complexity index is 394. The van der Waals surface area contributed by atoms with E-state index in [-0.39, 0.29) is 25.0 Å². The second-order valence-electron chi connectivity index (χ2n) is 5.67. The normalized spacial score (nSPS) is 17.1. The Morgan fingerprint density at radius 2 is 1.83 bits per heavy atom. The number of carbonyl (C=O) groups is 2. The van der Waals surface area contributed by atoms with Gasteiger partial charge in [-0.2, -0.15) is 13.2 Å². The third kappa shape index (κ3) is 8.75. The van der Waals surface area contributed by atoms with Gasteiger partial charge in [-0.1, -0.05) is 0 Å². The van der Waals surface area contributed by atoms with Gasteiger partial charge in [-0.3, -0.25) is 14.5 Å². The predicted octanol–water partition coefficient (Wildman–Crippen LogP) is 1.05. The van der Waals surface area contributed by atoms with Gasteiger partial charge in [0.2, 0.25) is 5.91 Å². The first-order valence-electron chi connectivity index (χ1n) is 7.44.